The lowest BCUT2D eigenvalue weighted by molar-refractivity contribution is -0.145. The molecule has 5 nitrogen and oxygen atoms in total. The summed E-state index contributed by atoms with van der Waals surface area (Å²) in [5.41, 5.74) is 0.641. The molecule has 0 aliphatic carbocycles. The highest BCUT2D eigenvalue weighted by molar-refractivity contribution is 6.31. The van der Waals surface area contributed by atoms with E-state index in [1.165, 1.54) is 0 Å². The van der Waals surface area contributed by atoms with Gasteiger partial charge in [0.15, 0.2) is 0 Å². The van der Waals surface area contributed by atoms with E-state index in [2.05, 4.69) is 5.32 Å². The van der Waals surface area contributed by atoms with Crippen molar-refractivity contribution in [2.45, 2.75) is 5.38 Å². The third-order valence-corrected chi connectivity index (χ3v) is 3.01. The van der Waals surface area contributed by atoms with Crippen molar-refractivity contribution in [3.8, 4) is 0 Å². The summed E-state index contributed by atoms with van der Waals surface area (Å²) >= 11 is 6.05. The Bertz CT molecular complexity index is 473. The summed E-state index contributed by atoms with van der Waals surface area (Å²) in [5.74, 6) is -1.42. The highest BCUT2D eigenvalue weighted by Crippen LogP contribution is 2.22. The molecule has 1 N–H and O–H groups in total. The summed E-state index contributed by atoms with van der Waals surface area (Å²) < 4.78 is 0. The number of halogens is 1. The fourth-order valence-electron chi connectivity index (χ4n) is 1.72. The lowest BCUT2D eigenvalue weighted by Crippen LogP contribution is -2.54. The average Bonchev–Trinajstić information content (AvgIpc) is 2.37. The predicted octanol–water partition coefficient (Wildman–Crippen LogP) is 0.452. The third kappa shape index (κ3) is 2.68. The van der Waals surface area contributed by atoms with Crippen molar-refractivity contribution in [1.29, 1.82) is 0 Å². The average molecular weight is 267 g/mol. The summed E-state index contributed by atoms with van der Waals surface area (Å²) in [6, 6.07) is 8.80. The fourth-order valence-corrected chi connectivity index (χ4v) is 2.00. The van der Waals surface area contributed by atoms with Gasteiger partial charge in [0.1, 0.15) is 18.5 Å². The molecule has 1 aromatic carbocycles. The van der Waals surface area contributed by atoms with Gasteiger partial charge in [0.25, 0.3) is 0 Å². The van der Waals surface area contributed by atoms with Crippen LogP contribution in [0.4, 0.5) is 0 Å². The monoisotopic (exact) mass is 266 g/mol. The number of hydrogen-bond donors (Lipinski definition) is 1. The van der Waals surface area contributed by atoms with Crippen LogP contribution < -0.4 is 5.32 Å². The first kappa shape index (κ1) is 12.6. The normalized spacial score (nSPS) is 17.3. The Morgan fingerprint density at radius 2 is 1.72 bits per heavy atom. The molecule has 1 heterocycles. The van der Waals surface area contributed by atoms with Crippen molar-refractivity contribution in [3.63, 3.8) is 0 Å². The highest BCUT2D eigenvalue weighted by atomic mass is 35.5. The van der Waals surface area contributed by atoms with Crippen molar-refractivity contribution in [3.05, 3.63) is 35.9 Å². The van der Waals surface area contributed by atoms with Crippen LogP contribution in [0.15, 0.2) is 30.3 Å². The minimum absolute atomic E-state index is 0.138. The van der Waals surface area contributed by atoms with Gasteiger partial charge in [0.05, 0.1) is 0 Å². The van der Waals surface area contributed by atoms with E-state index < -0.39 is 23.1 Å². The second-order valence-electron chi connectivity index (χ2n) is 3.94. The number of nitrogens with one attached hydrogen (secondary N) is 1. The number of benzene rings is 1. The number of piperazine rings is 1. The number of nitrogens with zero attached hydrogens (tertiary/aromatic N) is 1. The second-order valence-corrected chi connectivity index (χ2v) is 4.38. The van der Waals surface area contributed by atoms with Gasteiger partial charge in [-0.3, -0.25) is 19.7 Å². The predicted molar refractivity (Wildman–Crippen MR) is 64.8 cm³/mol. The lowest BCUT2D eigenvalue weighted by atomic mass is 10.1. The number of carbonyl (C=O) groups is 3. The first-order valence-corrected chi connectivity index (χ1v) is 5.82. The Balaban J connectivity index is 2.11. The lowest BCUT2D eigenvalue weighted by Gasteiger charge is -2.27. The summed E-state index contributed by atoms with van der Waals surface area (Å²) in [7, 11) is 0. The van der Waals surface area contributed by atoms with E-state index in [0.29, 0.717) is 5.56 Å². The van der Waals surface area contributed by atoms with Gasteiger partial charge >= 0.3 is 0 Å². The van der Waals surface area contributed by atoms with E-state index in [0.717, 1.165) is 4.90 Å². The molecule has 1 aliphatic rings. The maximum atomic E-state index is 12.1. The highest BCUT2D eigenvalue weighted by Gasteiger charge is 2.30. The number of imide groups is 1. The van der Waals surface area contributed by atoms with Gasteiger partial charge in [-0.05, 0) is 5.56 Å². The molecule has 0 saturated carbocycles. The number of carbonyl (C=O) groups excluding carboxylic acids is 3. The zero-order valence-electron chi connectivity index (χ0n) is 9.43. The molecule has 1 atom stereocenters. The molecule has 1 unspecified atom stereocenters. The Morgan fingerprint density at radius 1 is 1.17 bits per heavy atom. The summed E-state index contributed by atoms with van der Waals surface area (Å²) in [6.45, 7) is -0.277. The number of alkyl halides is 1. The molecule has 0 radical (unpaired) electrons. The van der Waals surface area contributed by atoms with E-state index in [-0.39, 0.29) is 13.1 Å². The second kappa shape index (κ2) is 5.18. The van der Waals surface area contributed by atoms with Crippen LogP contribution in [0.25, 0.3) is 0 Å². The fraction of sp³-hybridized carbons (Fsp3) is 0.250. The number of hydrogen-bond acceptors (Lipinski definition) is 3. The van der Waals surface area contributed by atoms with Crippen LogP contribution in [-0.2, 0) is 14.4 Å². The SMILES string of the molecule is O=C1CN(C(=O)C(Cl)c2ccccc2)CC(=O)N1. The minimum atomic E-state index is -0.884. The van der Waals surface area contributed by atoms with Gasteiger partial charge in [-0.15, -0.1) is 11.6 Å². The molecule has 1 aliphatic heterocycles. The molecule has 2 rings (SSSR count). The Kier molecular flexibility index (Phi) is 3.62. The Morgan fingerprint density at radius 3 is 2.28 bits per heavy atom. The van der Waals surface area contributed by atoms with Gasteiger partial charge in [0, 0.05) is 0 Å². The molecular weight excluding hydrogens is 256 g/mol. The maximum Gasteiger partial charge on any atom is 0.246 e. The van der Waals surface area contributed by atoms with Gasteiger partial charge in [-0.25, -0.2) is 0 Å². The molecule has 1 aromatic rings. The van der Waals surface area contributed by atoms with Gasteiger partial charge in [-0.1, -0.05) is 30.3 Å². The van der Waals surface area contributed by atoms with Crippen LogP contribution in [0.1, 0.15) is 10.9 Å². The smallest absolute Gasteiger partial charge is 0.246 e. The summed E-state index contributed by atoms with van der Waals surface area (Å²) in [6.07, 6.45) is 0. The zero-order valence-corrected chi connectivity index (χ0v) is 10.2. The first-order chi connectivity index (χ1) is 8.58. The van der Waals surface area contributed by atoms with Crippen molar-refractivity contribution < 1.29 is 14.4 Å². The van der Waals surface area contributed by atoms with E-state index >= 15 is 0 Å². The van der Waals surface area contributed by atoms with Crippen LogP contribution in [0.5, 0.6) is 0 Å². The van der Waals surface area contributed by atoms with Crippen molar-refractivity contribution in [1.82, 2.24) is 10.2 Å². The summed E-state index contributed by atoms with van der Waals surface area (Å²) in [4.78, 5) is 35.6. The Labute approximate surface area is 109 Å². The molecule has 0 aromatic heterocycles. The largest absolute Gasteiger partial charge is 0.322 e. The zero-order chi connectivity index (χ0) is 13.1. The van der Waals surface area contributed by atoms with Crippen molar-refractivity contribution >= 4 is 29.3 Å². The molecule has 6 heteroatoms. The van der Waals surface area contributed by atoms with Gasteiger partial charge in [0.2, 0.25) is 17.7 Å². The van der Waals surface area contributed by atoms with Crippen LogP contribution in [0.3, 0.4) is 0 Å². The molecular formula is C12H11ClN2O3. The molecule has 94 valence electrons. The van der Waals surface area contributed by atoms with Gasteiger partial charge in [-0.2, -0.15) is 0 Å². The van der Waals surface area contributed by atoms with Crippen molar-refractivity contribution in [2.75, 3.05) is 13.1 Å². The Hall–Kier alpha value is -1.88. The van der Waals surface area contributed by atoms with E-state index in [1.807, 2.05) is 6.07 Å². The molecule has 3 amide bonds. The van der Waals surface area contributed by atoms with E-state index in [1.54, 1.807) is 24.3 Å². The third-order valence-electron chi connectivity index (χ3n) is 2.57. The van der Waals surface area contributed by atoms with Crippen LogP contribution in [-0.4, -0.2) is 35.7 Å². The molecule has 18 heavy (non-hydrogen) atoms. The number of rotatable bonds is 2. The van der Waals surface area contributed by atoms with Gasteiger partial charge < -0.3 is 4.90 Å². The van der Waals surface area contributed by atoms with Crippen LogP contribution >= 0.6 is 11.6 Å². The summed E-state index contributed by atoms with van der Waals surface area (Å²) in [5, 5.41) is 1.24. The molecule has 0 bridgehead atoms. The topological polar surface area (TPSA) is 66.5 Å². The first-order valence-electron chi connectivity index (χ1n) is 5.38. The molecule has 1 saturated heterocycles. The van der Waals surface area contributed by atoms with E-state index in [4.69, 9.17) is 11.6 Å². The quantitative estimate of drug-likeness (QED) is 0.624. The number of amides is 3. The molecule has 0 spiro atoms. The van der Waals surface area contributed by atoms with Crippen molar-refractivity contribution in [2.24, 2.45) is 0 Å². The minimum Gasteiger partial charge on any atom is -0.322 e. The van der Waals surface area contributed by atoms with Crippen LogP contribution in [0, 0.1) is 0 Å². The standard InChI is InChI=1S/C12H11ClN2O3/c13-11(8-4-2-1-3-5-8)12(18)15-6-9(16)14-10(17)7-15/h1-5,11H,6-7H2,(H,14,16,17). The van der Waals surface area contributed by atoms with Crippen LogP contribution in [0.2, 0.25) is 0 Å². The molecule has 1 fully saturated rings. The van der Waals surface area contributed by atoms with E-state index in [9.17, 15) is 14.4 Å². The maximum absolute atomic E-state index is 12.1.